The van der Waals surface area contributed by atoms with Crippen LogP contribution in [0.25, 0.3) is 0 Å². The van der Waals surface area contributed by atoms with Gasteiger partial charge in [-0.15, -0.1) is 0 Å². The second-order valence-corrected chi connectivity index (χ2v) is 11.5. The van der Waals surface area contributed by atoms with Crippen LogP contribution in [-0.2, 0) is 23.8 Å². The van der Waals surface area contributed by atoms with Crippen LogP contribution in [0.3, 0.4) is 0 Å². The second kappa shape index (κ2) is 9.21. The van der Waals surface area contributed by atoms with E-state index in [4.69, 9.17) is 14.2 Å². The number of ether oxygens (including phenoxy) is 3. The molecule has 5 heteroatoms. The molecule has 3 aliphatic carbocycles. The Balaban J connectivity index is 1.50. The molecule has 4 rings (SSSR count). The largest absolute Gasteiger partial charge is 0.431 e. The minimum absolute atomic E-state index is 0.0340. The number of fused-ring (bicyclic) bond motifs is 4. The van der Waals surface area contributed by atoms with Gasteiger partial charge in [0.2, 0.25) is 0 Å². The van der Waals surface area contributed by atoms with Crippen LogP contribution in [0.1, 0.15) is 91.9 Å². The van der Waals surface area contributed by atoms with E-state index in [0.29, 0.717) is 24.0 Å². The number of carbonyl (C=O) groups is 2. The number of hydrogen-bond acceptors (Lipinski definition) is 5. The molecule has 32 heavy (non-hydrogen) atoms. The molecule has 4 aliphatic rings. The van der Waals surface area contributed by atoms with Gasteiger partial charge >= 0.3 is 5.97 Å². The van der Waals surface area contributed by atoms with Crippen LogP contribution < -0.4 is 0 Å². The van der Waals surface area contributed by atoms with E-state index in [0.717, 1.165) is 57.1 Å². The summed E-state index contributed by atoms with van der Waals surface area (Å²) in [7, 11) is 1.64. The van der Waals surface area contributed by atoms with E-state index in [2.05, 4.69) is 13.8 Å². The Hall–Kier alpha value is -1.20. The maximum Gasteiger partial charge on any atom is 0.314 e. The third-order valence-corrected chi connectivity index (χ3v) is 9.53. The zero-order valence-electron chi connectivity index (χ0n) is 20.7. The third-order valence-electron chi connectivity index (χ3n) is 9.53. The lowest BCUT2D eigenvalue weighted by atomic mass is 9.53. The van der Waals surface area contributed by atoms with Gasteiger partial charge in [-0.1, -0.05) is 27.7 Å². The predicted molar refractivity (Wildman–Crippen MR) is 123 cm³/mol. The van der Waals surface area contributed by atoms with Gasteiger partial charge in [-0.05, 0) is 80.1 Å². The van der Waals surface area contributed by atoms with Crippen molar-refractivity contribution in [1.29, 1.82) is 0 Å². The van der Waals surface area contributed by atoms with Gasteiger partial charge in [0.15, 0.2) is 0 Å². The van der Waals surface area contributed by atoms with E-state index < -0.39 is 0 Å². The summed E-state index contributed by atoms with van der Waals surface area (Å²) >= 11 is 0. The molecule has 0 aromatic heterocycles. The smallest absolute Gasteiger partial charge is 0.314 e. The average Bonchev–Trinajstić information content (AvgIpc) is 3.09. The molecule has 1 heterocycles. The van der Waals surface area contributed by atoms with Crippen molar-refractivity contribution in [3.63, 3.8) is 0 Å². The molecular weight excluding hydrogens is 404 g/mol. The van der Waals surface area contributed by atoms with Gasteiger partial charge in [0.05, 0.1) is 12.0 Å². The number of ketones is 1. The van der Waals surface area contributed by atoms with Gasteiger partial charge in [0, 0.05) is 25.4 Å². The number of carbonyl (C=O) groups excluding carboxylic acids is 2. The van der Waals surface area contributed by atoms with Crippen LogP contribution in [0, 0.1) is 34.5 Å². The van der Waals surface area contributed by atoms with Crippen LogP contribution in [0.5, 0.6) is 0 Å². The van der Waals surface area contributed by atoms with Gasteiger partial charge < -0.3 is 14.2 Å². The summed E-state index contributed by atoms with van der Waals surface area (Å²) in [5.74, 6) is 2.34. The lowest BCUT2D eigenvalue weighted by Gasteiger charge is -2.54. The molecule has 1 aliphatic heterocycles. The number of methoxy groups -OCH3 is 1. The zero-order chi connectivity index (χ0) is 23.1. The monoisotopic (exact) mass is 446 g/mol. The van der Waals surface area contributed by atoms with Gasteiger partial charge in [-0.2, -0.15) is 0 Å². The fourth-order valence-corrected chi connectivity index (χ4v) is 7.32. The molecule has 0 aromatic rings. The third kappa shape index (κ3) is 4.09. The Labute approximate surface area is 193 Å². The van der Waals surface area contributed by atoms with E-state index in [1.54, 1.807) is 7.11 Å². The molecule has 3 fully saturated rings. The van der Waals surface area contributed by atoms with E-state index in [-0.39, 0.29) is 41.5 Å². The number of allylic oxidation sites excluding steroid dienone is 2. The minimum Gasteiger partial charge on any atom is -0.431 e. The Bertz CT molecular complexity index is 770. The Morgan fingerprint density at radius 1 is 1.16 bits per heavy atom. The van der Waals surface area contributed by atoms with Gasteiger partial charge in [-0.3, -0.25) is 9.59 Å². The molecular formula is C27H42O5. The van der Waals surface area contributed by atoms with E-state index >= 15 is 0 Å². The van der Waals surface area contributed by atoms with Gasteiger partial charge in [-0.25, -0.2) is 0 Å². The predicted octanol–water partition coefficient (Wildman–Crippen LogP) is 5.81. The van der Waals surface area contributed by atoms with Crippen molar-refractivity contribution in [2.45, 2.75) is 98.0 Å². The molecule has 5 nitrogen and oxygen atoms in total. The fraction of sp³-hybridized carbons (Fsp3) is 0.852. The average molecular weight is 447 g/mol. The first kappa shape index (κ1) is 23.9. The summed E-state index contributed by atoms with van der Waals surface area (Å²) in [6, 6.07) is 0. The normalized spacial score (nSPS) is 38.9. The topological polar surface area (TPSA) is 61.8 Å². The van der Waals surface area contributed by atoms with Crippen LogP contribution in [0.4, 0.5) is 0 Å². The second-order valence-electron chi connectivity index (χ2n) is 11.5. The molecule has 0 amide bonds. The summed E-state index contributed by atoms with van der Waals surface area (Å²) in [5, 5.41) is 0. The van der Waals surface area contributed by atoms with Gasteiger partial charge in [0.25, 0.3) is 0 Å². The molecule has 1 saturated heterocycles. The number of Topliss-reactive ketones (excluding diaryl/α,β-unsaturated/α-hetero) is 1. The van der Waals surface area contributed by atoms with Crippen molar-refractivity contribution in [1.82, 2.24) is 0 Å². The van der Waals surface area contributed by atoms with Crippen LogP contribution in [-0.4, -0.2) is 31.8 Å². The molecule has 0 spiro atoms. The molecule has 0 radical (unpaired) electrons. The van der Waals surface area contributed by atoms with Crippen molar-refractivity contribution in [3.05, 3.63) is 11.3 Å². The summed E-state index contributed by atoms with van der Waals surface area (Å²) < 4.78 is 17.1. The Morgan fingerprint density at radius 2 is 1.94 bits per heavy atom. The lowest BCUT2D eigenvalue weighted by molar-refractivity contribution is -0.176. The van der Waals surface area contributed by atoms with E-state index in [1.807, 2.05) is 13.8 Å². The quantitative estimate of drug-likeness (QED) is 0.347. The van der Waals surface area contributed by atoms with E-state index in [1.165, 1.54) is 12.0 Å². The lowest BCUT2D eigenvalue weighted by Crippen LogP contribution is -2.53. The van der Waals surface area contributed by atoms with Crippen molar-refractivity contribution in [3.8, 4) is 0 Å². The fourth-order valence-electron chi connectivity index (χ4n) is 7.32. The number of rotatable bonds is 8. The Morgan fingerprint density at radius 3 is 2.66 bits per heavy atom. The van der Waals surface area contributed by atoms with Gasteiger partial charge in [0.1, 0.15) is 18.3 Å². The van der Waals surface area contributed by atoms with Crippen LogP contribution in [0.15, 0.2) is 11.3 Å². The van der Waals surface area contributed by atoms with Crippen molar-refractivity contribution < 1.29 is 23.8 Å². The summed E-state index contributed by atoms with van der Waals surface area (Å²) in [6.07, 6.45) is 10.0. The highest BCUT2D eigenvalue weighted by Crippen LogP contribution is 2.64. The first-order valence-electron chi connectivity index (χ1n) is 12.8. The Kier molecular flexibility index (Phi) is 6.89. The van der Waals surface area contributed by atoms with Crippen LogP contribution >= 0.6 is 0 Å². The maximum atomic E-state index is 13.2. The summed E-state index contributed by atoms with van der Waals surface area (Å²) in [5.41, 5.74) is 1.50. The number of esters is 1. The van der Waals surface area contributed by atoms with Crippen LogP contribution in [0.2, 0.25) is 0 Å². The summed E-state index contributed by atoms with van der Waals surface area (Å²) in [6.45, 7) is 8.98. The summed E-state index contributed by atoms with van der Waals surface area (Å²) in [4.78, 5) is 25.3. The standard InChI is InChI=1S/C27H42O5/c1-17(2)23(28)8-6-7-18-9-10-20-24-21(12-14-26(18,20)3)27(4)13-11-19(31-16-30-5)15-22(27)25(29)32-24/h17-19,21-22H,6-16H2,1-5H3/t18?,19-,21?,22?,26+,27+/m0/s1. The highest BCUT2D eigenvalue weighted by molar-refractivity contribution is 5.80. The molecule has 6 atom stereocenters. The minimum atomic E-state index is -0.0870. The number of hydrogen-bond donors (Lipinski definition) is 0. The first-order valence-corrected chi connectivity index (χ1v) is 12.8. The maximum absolute atomic E-state index is 13.2. The SMILES string of the molecule is COCO[C@H]1CC[C@@]2(C)C(C1)C(=O)OC1=C3CCC(CCCC(=O)C(C)C)[C@@]3(C)CCC12. The highest BCUT2D eigenvalue weighted by atomic mass is 16.7. The molecule has 180 valence electrons. The van der Waals surface area contributed by atoms with Crippen molar-refractivity contribution in [2.75, 3.05) is 13.9 Å². The first-order chi connectivity index (χ1) is 15.2. The highest BCUT2D eigenvalue weighted by Gasteiger charge is 2.59. The molecule has 3 unspecified atom stereocenters. The molecule has 2 saturated carbocycles. The van der Waals surface area contributed by atoms with E-state index in [9.17, 15) is 9.59 Å². The van der Waals surface area contributed by atoms with Crippen molar-refractivity contribution in [2.24, 2.45) is 34.5 Å². The molecule has 0 N–H and O–H groups in total. The zero-order valence-corrected chi connectivity index (χ0v) is 20.7. The molecule has 0 bridgehead atoms. The molecule has 0 aromatic carbocycles. The van der Waals surface area contributed by atoms with Crippen molar-refractivity contribution >= 4 is 11.8 Å².